The maximum Gasteiger partial charge on any atom is 0.222 e. The number of aromatic nitrogens is 1. The summed E-state index contributed by atoms with van der Waals surface area (Å²) in [6.45, 7) is 6.05. The number of hydrogen-bond acceptors (Lipinski definition) is 4. The summed E-state index contributed by atoms with van der Waals surface area (Å²) in [5.41, 5.74) is 5.96. The SMILES string of the molecule is Cc1c(COc2ccc(CNCCCN3CCCC3=O)cn2)cccc1-c1ccccc1. The maximum atomic E-state index is 11.6. The van der Waals surface area contributed by atoms with Gasteiger partial charge in [-0.1, -0.05) is 54.6 Å². The smallest absolute Gasteiger partial charge is 0.222 e. The molecule has 1 aliphatic heterocycles. The zero-order valence-electron chi connectivity index (χ0n) is 18.7. The van der Waals surface area contributed by atoms with Crippen molar-refractivity contribution in [3.05, 3.63) is 83.6 Å². The van der Waals surface area contributed by atoms with E-state index in [0.29, 0.717) is 24.8 Å². The molecule has 2 heterocycles. The summed E-state index contributed by atoms with van der Waals surface area (Å²) >= 11 is 0. The Bertz CT molecular complexity index is 1020. The first-order valence-corrected chi connectivity index (χ1v) is 11.4. The second-order valence-corrected chi connectivity index (χ2v) is 8.26. The molecule has 5 heteroatoms. The van der Waals surface area contributed by atoms with Crippen LogP contribution in [0.4, 0.5) is 0 Å². The van der Waals surface area contributed by atoms with Crippen LogP contribution in [0.15, 0.2) is 66.9 Å². The van der Waals surface area contributed by atoms with Crippen LogP contribution in [0.3, 0.4) is 0 Å². The van der Waals surface area contributed by atoms with Crippen molar-refractivity contribution in [2.45, 2.75) is 39.3 Å². The van der Waals surface area contributed by atoms with E-state index >= 15 is 0 Å². The number of carbonyl (C=O) groups excluding carboxylic acids is 1. The Labute approximate surface area is 190 Å². The van der Waals surface area contributed by atoms with Crippen LogP contribution < -0.4 is 10.1 Å². The lowest BCUT2D eigenvalue weighted by Gasteiger charge is -2.15. The number of nitrogens with zero attached hydrogens (tertiary/aromatic N) is 2. The highest BCUT2D eigenvalue weighted by Gasteiger charge is 2.18. The van der Waals surface area contributed by atoms with E-state index in [2.05, 4.69) is 59.7 Å². The number of pyridine rings is 1. The molecule has 0 unspecified atom stereocenters. The van der Waals surface area contributed by atoms with Crippen LogP contribution in [0.5, 0.6) is 5.88 Å². The number of rotatable bonds is 10. The van der Waals surface area contributed by atoms with E-state index in [9.17, 15) is 4.79 Å². The van der Waals surface area contributed by atoms with Crippen molar-refractivity contribution in [3.63, 3.8) is 0 Å². The molecule has 0 radical (unpaired) electrons. The quantitative estimate of drug-likeness (QED) is 0.473. The number of hydrogen-bond donors (Lipinski definition) is 1. The van der Waals surface area contributed by atoms with Crippen molar-refractivity contribution >= 4 is 5.91 Å². The zero-order chi connectivity index (χ0) is 22.2. The molecule has 0 spiro atoms. The minimum atomic E-state index is 0.298. The van der Waals surface area contributed by atoms with Crippen molar-refractivity contribution in [1.29, 1.82) is 0 Å². The van der Waals surface area contributed by atoms with Crippen LogP contribution >= 0.6 is 0 Å². The first-order chi connectivity index (χ1) is 15.7. The molecule has 1 fully saturated rings. The standard InChI is InChI=1S/C27H31N3O2/c1-21-24(10-5-11-25(21)23-8-3-2-4-9-23)20-32-26-14-13-22(19-29-26)18-28-15-7-17-30-16-6-12-27(30)31/h2-5,8-11,13-14,19,28H,6-7,12,15-18,20H2,1H3. The molecule has 1 aromatic heterocycles. The fraction of sp³-hybridized carbons (Fsp3) is 0.333. The zero-order valence-corrected chi connectivity index (χ0v) is 18.7. The molecule has 1 aliphatic rings. The molecule has 0 saturated carbocycles. The van der Waals surface area contributed by atoms with E-state index in [-0.39, 0.29) is 0 Å². The summed E-state index contributed by atoms with van der Waals surface area (Å²) < 4.78 is 5.96. The van der Waals surface area contributed by atoms with Crippen molar-refractivity contribution in [2.75, 3.05) is 19.6 Å². The summed E-state index contributed by atoms with van der Waals surface area (Å²) in [4.78, 5) is 18.0. The van der Waals surface area contributed by atoms with Gasteiger partial charge < -0.3 is 15.0 Å². The average molecular weight is 430 g/mol. The summed E-state index contributed by atoms with van der Waals surface area (Å²) in [7, 11) is 0. The monoisotopic (exact) mass is 429 g/mol. The van der Waals surface area contributed by atoms with Gasteiger partial charge >= 0.3 is 0 Å². The van der Waals surface area contributed by atoms with Crippen LogP contribution in [-0.2, 0) is 17.9 Å². The predicted molar refractivity (Wildman–Crippen MR) is 127 cm³/mol. The van der Waals surface area contributed by atoms with Gasteiger partial charge in [-0.15, -0.1) is 0 Å². The number of nitrogens with one attached hydrogen (secondary N) is 1. The van der Waals surface area contributed by atoms with Crippen LogP contribution in [0.25, 0.3) is 11.1 Å². The average Bonchev–Trinajstić information content (AvgIpc) is 3.24. The lowest BCUT2D eigenvalue weighted by atomic mass is 9.97. The lowest BCUT2D eigenvalue weighted by molar-refractivity contribution is -0.127. The third kappa shape index (κ3) is 5.74. The topological polar surface area (TPSA) is 54.5 Å². The van der Waals surface area contributed by atoms with Crippen molar-refractivity contribution in [3.8, 4) is 17.0 Å². The molecule has 4 rings (SSSR count). The lowest BCUT2D eigenvalue weighted by Crippen LogP contribution is -2.28. The van der Waals surface area contributed by atoms with Crippen molar-refractivity contribution < 1.29 is 9.53 Å². The van der Waals surface area contributed by atoms with Gasteiger partial charge in [-0.2, -0.15) is 0 Å². The van der Waals surface area contributed by atoms with Gasteiger partial charge in [0.15, 0.2) is 0 Å². The third-order valence-corrected chi connectivity index (χ3v) is 5.99. The van der Waals surface area contributed by atoms with E-state index in [0.717, 1.165) is 50.1 Å². The summed E-state index contributed by atoms with van der Waals surface area (Å²) in [6.07, 6.45) is 4.55. The Morgan fingerprint density at radius 2 is 1.94 bits per heavy atom. The number of ether oxygens (including phenoxy) is 1. The molecule has 1 amide bonds. The van der Waals surface area contributed by atoms with Gasteiger partial charge in [0, 0.05) is 38.3 Å². The van der Waals surface area contributed by atoms with Crippen LogP contribution in [0, 0.1) is 6.92 Å². The molecule has 3 aromatic rings. The van der Waals surface area contributed by atoms with Gasteiger partial charge in [0.2, 0.25) is 11.8 Å². The Kier molecular flexibility index (Phi) is 7.51. The Morgan fingerprint density at radius 1 is 1.06 bits per heavy atom. The second kappa shape index (κ2) is 10.9. The summed E-state index contributed by atoms with van der Waals surface area (Å²) in [6, 6.07) is 20.7. The van der Waals surface area contributed by atoms with Gasteiger partial charge in [-0.3, -0.25) is 4.79 Å². The van der Waals surface area contributed by atoms with Gasteiger partial charge in [0.1, 0.15) is 6.61 Å². The van der Waals surface area contributed by atoms with E-state index in [4.69, 9.17) is 4.74 Å². The molecule has 2 aromatic carbocycles. The van der Waals surface area contributed by atoms with E-state index in [1.165, 1.54) is 16.7 Å². The first kappa shape index (κ1) is 22.0. The molecule has 0 aliphatic carbocycles. The molecule has 166 valence electrons. The summed E-state index contributed by atoms with van der Waals surface area (Å²) in [5.74, 6) is 0.928. The van der Waals surface area contributed by atoms with Gasteiger partial charge in [0.25, 0.3) is 0 Å². The van der Waals surface area contributed by atoms with E-state index in [1.807, 2.05) is 29.3 Å². The van der Waals surface area contributed by atoms with E-state index < -0.39 is 0 Å². The first-order valence-electron chi connectivity index (χ1n) is 11.4. The molecule has 1 saturated heterocycles. The van der Waals surface area contributed by atoms with Crippen LogP contribution in [0.1, 0.15) is 36.0 Å². The number of amides is 1. The molecule has 0 atom stereocenters. The molecular weight excluding hydrogens is 398 g/mol. The molecule has 0 bridgehead atoms. The molecule has 32 heavy (non-hydrogen) atoms. The minimum Gasteiger partial charge on any atom is -0.473 e. The second-order valence-electron chi connectivity index (χ2n) is 8.26. The van der Waals surface area contributed by atoms with Crippen LogP contribution in [0.2, 0.25) is 0 Å². The van der Waals surface area contributed by atoms with Crippen molar-refractivity contribution in [1.82, 2.24) is 15.2 Å². The number of carbonyl (C=O) groups is 1. The highest BCUT2D eigenvalue weighted by molar-refractivity contribution is 5.78. The summed E-state index contributed by atoms with van der Waals surface area (Å²) in [5, 5.41) is 3.43. The van der Waals surface area contributed by atoms with Gasteiger partial charge in [0.05, 0.1) is 0 Å². The Balaban J connectivity index is 1.23. The number of benzene rings is 2. The van der Waals surface area contributed by atoms with E-state index in [1.54, 1.807) is 0 Å². The molecular formula is C27H31N3O2. The fourth-order valence-corrected chi connectivity index (χ4v) is 4.09. The third-order valence-electron chi connectivity index (χ3n) is 5.99. The fourth-order valence-electron chi connectivity index (χ4n) is 4.09. The highest BCUT2D eigenvalue weighted by Crippen LogP contribution is 2.26. The Morgan fingerprint density at radius 3 is 2.69 bits per heavy atom. The largest absolute Gasteiger partial charge is 0.473 e. The molecule has 1 N–H and O–H groups in total. The van der Waals surface area contributed by atoms with Crippen LogP contribution in [-0.4, -0.2) is 35.4 Å². The Hall–Kier alpha value is -3.18. The molecule has 5 nitrogen and oxygen atoms in total. The highest BCUT2D eigenvalue weighted by atomic mass is 16.5. The number of likely N-dealkylation sites (tertiary alicyclic amines) is 1. The van der Waals surface area contributed by atoms with Gasteiger partial charge in [-0.25, -0.2) is 4.98 Å². The maximum absolute atomic E-state index is 11.6. The normalized spacial score (nSPS) is 13.5. The van der Waals surface area contributed by atoms with Gasteiger partial charge in [-0.05, 0) is 54.1 Å². The predicted octanol–water partition coefficient (Wildman–Crippen LogP) is 4.74. The minimum absolute atomic E-state index is 0.298. The van der Waals surface area contributed by atoms with Crippen molar-refractivity contribution in [2.24, 2.45) is 0 Å².